The number of hydrogen-bond acceptors (Lipinski definition) is 7. The van der Waals surface area contributed by atoms with Gasteiger partial charge in [0.05, 0.1) is 23.7 Å². The van der Waals surface area contributed by atoms with Crippen molar-refractivity contribution in [2.75, 3.05) is 13.7 Å². The van der Waals surface area contributed by atoms with Crippen LogP contribution in [0.4, 0.5) is 0 Å². The van der Waals surface area contributed by atoms with Gasteiger partial charge < -0.3 is 19.4 Å². The monoisotopic (exact) mass is 417 g/mol. The molecule has 0 aliphatic carbocycles. The Kier molecular flexibility index (Phi) is 7.68. The first-order valence-corrected chi connectivity index (χ1v) is 9.78. The minimum atomic E-state index is -0.815. The van der Waals surface area contributed by atoms with Gasteiger partial charge in [-0.1, -0.05) is 20.3 Å². The largest absolute Gasteiger partial charge is 0.467 e. The zero-order valence-corrected chi connectivity index (χ0v) is 17.9. The van der Waals surface area contributed by atoms with Crippen molar-refractivity contribution in [1.29, 1.82) is 0 Å². The molecule has 9 nitrogen and oxygen atoms in total. The molecular weight excluding hydrogens is 390 g/mol. The first kappa shape index (κ1) is 23.1. The van der Waals surface area contributed by atoms with E-state index < -0.39 is 30.5 Å². The van der Waals surface area contributed by atoms with Gasteiger partial charge in [0.2, 0.25) is 0 Å². The highest BCUT2D eigenvalue weighted by molar-refractivity contribution is 5.95. The van der Waals surface area contributed by atoms with Crippen LogP contribution in [0.2, 0.25) is 0 Å². The average Bonchev–Trinajstić information content (AvgIpc) is 2.75. The molecule has 1 N–H and O–H groups in total. The Labute approximate surface area is 174 Å². The molecule has 2 rings (SSSR count). The van der Waals surface area contributed by atoms with Gasteiger partial charge in [-0.25, -0.2) is 14.6 Å². The Morgan fingerprint density at radius 1 is 1.23 bits per heavy atom. The Morgan fingerprint density at radius 2 is 1.93 bits per heavy atom. The molecule has 1 heterocycles. The molecular formula is C21H27N3O6. The van der Waals surface area contributed by atoms with Crippen LogP contribution in [0.3, 0.4) is 0 Å². The molecule has 30 heavy (non-hydrogen) atoms. The van der Waals surface area contributed by atoms with Crippen LogP contribution in [-0.4, -0.2) is 47.2 Å². The normalized spacial score (nSPS) is 12.8. The number of aryl methyl sites for hydroxylation is 2. The Balaban J connectivity index is 2.11. The molecule has 162 valence electrons. The van der Waals surface area contributed by atoms with Crippen LogP contribution in [0.25, 0.3) is 11.0 Å². The van der Waals surface area contributed by atoms with Gasteiger partial charge in [-0.15, -0.1) is 0 Å². The lowest BCUT2D eigenvalue weighted by Crippen LogP contribution is -2.47. The van der Waals surface area contributed by atoms with Crippen LogP contribution >= 0.6 is 0 Å². The van der Waals surface area contributed by atoms with E-state index in [1.54, 1.807) is 17.6 Å². The third-order valence-electron chi connectivity index (χ3n) is 4.98. The second-order valence-corrected chi connectivity index (χ2v) is 6.98. The van der Waals surface area contributed by atoms with Gasteiger partial charge in [-0.05, 0) is 38.0 Å². The fourth-order valence-corrected chi connectivity index (χ4v) is 3.04. The van der Waals surface area contributed by atoms with Crippen LogP contribution in [0.1, 0.15) is 43.2 Å². The van der Waals surface area contributed by atoms with E-state index in [9.17, 15) is 19.2 Å². The third kappa shape index (κ3) is 5.03. The number of nitrogens with one attached hydrogen (secondary N) is 1. The summed E-state index contributed by atoms with van der Waals surface area (Å²) in [4.78, 5) is 52.8. The first-order chi connectivity index (χ1) is 14.2. The number of esters is 2. The van der Waals surface area contributed by atoms with E-state index in [1.165, 1.54) is 19.2 Å². The first-order valence-electron chi connectivity index (χ1n) is 9.78. The number of aromatic nitrogens is 2. The third-order valence-corrected chi connectivity index (χ3v) is 4.98. The van der Waals surface area contributed by atoms with Gasteiger partial charge in [0.1, 0.15) is 11.7 Å². The standard InChI is InChI=1S/C21H27N3O6/c1-6-12(3)18(21(28)29-5)23-17(25)11-30-20(27)14-8-9-16-15(10-14)22-13(4)19(26)24(16)7-2/h8-10,12,18H,6-7,11H2,1-5H3,(H,23,25)/t12-,18+/m0/s1. The SMILES string of the molecule is CC[C@H](C)[C@@H](NC(=O)COC(=O)c1ccc2c(c1)nc(C)c(=O)n2CC)C(=O)OC. The van der Waals surface area contributed by atoms with E-state index in [4.69, 9.17) is 9.47 Å². The lowest BCUT2D eigenvalue weighted by atomic mass is 9.99. The van der Waals surface area contributed by atoms with Crippen molar-refractivity contribution < 1.29 is 23.9 Å². The van der Waals surface area contributed by atoms with Crippen LogP contribution in [-0.2, 0) is 25.6 Å². The molecule has 0 spiro atoms. The smallest absolute Gasteiger partial charge is 0.338 e. The van der Waals surface area contributed by atoms with Crippen molar-refractivity contribution in [3.05, 3.63) is 39.8 Å². The van der Waals surface area contributed by atoms with Crippen molar-refractivity contribution in [2.45, 2.75) is 46.7 Å². The number of carbonyl (C=O) groups excluding carboxylic acids is 3. The van der Waals surface area contributed by atoms with Crippen molar-refractivity contribution in [3.8, 4) is 0 Å². The second kappa shape index (κ2) is 10.00. The number of ether oxygens (including phenoxy) is 2. The molecule has 0 radical (unpaired) electrons. The fourth-order valence-electron chi connectivity index (χ4n) is 3.04. The summed E-state index contributed by atoms with van der Waals surface area (Å²) in [5.74, 6) is -2.00. The number of hydrogen-bond donors (Lipinski definition) is 1. The Morgan fingerprint density at radius 3 is 2.53 bits per heavy atom. The summed E-state index contributed by atoms with van der Waals surface area (Å²) in [5.41, 5.74) is 1.44. The van der Waals surface area contributed by atoms with E-state index in [-0.39, 0.29) is 17.0 Å². The maximum Gasteiger partial charge on any atom is 0.338 e. The highest BCUT2D eigenvalue weighted by Crippen LogP contribution is 2.14. The second-order valence-electron chi connectivity index (χ2n) is 6.98. The van der Waals surface area contributed by atoms with Crippen LogP contribution < -0.4 is 10.9 Å². The zero-order chi connectivity index (χ0) is 22.4. The fraction of sp³-hybridized carbons (Fsp3) is 0.476. The van der Waals surface area contributed by atoms with E-state index in [2.05, 4.69) is 10.3 Å². The van der Waals surface area contributed by atoms with Crippen molar-refractivity contribution in [3.63, 3.8) is 0 Å². The zero-order valence-electron chi connectivity index (χ0n) is 17.9. The summed E-state index contributed by atoms with van der Waals surface area (Å²) >= 11 is 0. The Hall–Kier alpha value is -3.23. The van der Waals surface area contributed by atoms with Crippen molar-refractivity contribution >= 4 is 28.9 Å². The number of carbonyl (C=O) groups is 3. The van der Waals surface area contributed by atoms with E-state index in [1.807, 2.05) is 20.8 Å². The van der Waals surface area contributed by atoms with Crippen LogP contribution in [0.15, 0.2) is 23.0 Å². The van der Waals surface area contributed by atoms with Gasteiger partial charge >= 0.3 is 11.9 Å². The molecule has 0 aliphatic rings. The maximum absolute atomic E-state index is 12.4. The number of benzene rings is 1. The Bertz CT molecular complexity index is 1010. The topological polar surface area (TPSA) is 117 Å². The molecule has 1 amide bonds. The van der Waals surface area contributed by atoms with Gasteiger partial charge in [-0.3, -0.25) is 9.59 Å². The molecule has 0 aliphatic heterocycles. The summed E-state index contributed by atoms with van der Waals surface area (Å²) in [6, 6.07) is 3.84. The summed E-state index contributed by atoms with van der Waals surface area (Å²) in [5, 5.41) is 2.54. The van der Waals surface area contributed by atoms with E-state index in [0.29, 0.717) is 29.7 Å². The highest BCUT2D eigenvalue weighted by atomic mass is 16.5. The van der Waals surface area contributed by atoms with Gasteiger partial charge in [-0.2, -0.15) is 0 Å². The number of fused-ring (bicyclic) bond motifs is 1. The number of rotatable bonds is 8. The van der Waals surface area contributed by atoms with Crippen LogP contribution in [0.5, 0.6) is 0 Å². The van der Waals surface area contributed by atoms with Gasteiger partial charge in [0.15, 0.2) is 6.61 Å². The van der Waals surface area contributed by atoms with Gasteiger partial charge in [0.25, 0.3) is 11.5 Å². The molecule has 1 aromatic heterocycles. The summed E-state index contributed by atoms with van der Waals surface area (Å²) < 4.78 is 11.4. The van der Waals surface area contributed by atoms with E-state index in [0.717, 1.165) is 0 Å². The molecule has 0 saturated heterocycles. The predicted octanol–water partition coefficient (Wildman–Crippen LogP) is 1.59. The molecule has 9 heteroatoms. The molecule has 2 aromatic rings. The lowest BCUT2D eigenvalue weighted by molar-refractivity contribution is -0.147. The van der Waals surface area contributed by atoms with Crippen molar-refractivity contribution in [1.82, 2.24) is 14.9 Å². The van der Waals surface area contributed by atoms with Crippen molar-refractivity contribution in [2.24, 2.45) is 5.92 Å². The average molecular weight is 417 g/mol. The molecule has 2 atom stereocenters. The molecule has 0 saturated carbocycles. The molecule has 0 unspecified atom stereocenters. The summed E-state index contributed by atoms with van der Waals surface area (Å²) in [7, 11) is 1.25. The molecule has 0 bridgehead atoms. The van der Waals surface area contributed by atoms with E-state index >= 15 is 0 Å². The van der Waals surface area contributed by atoms with Gasteiger partial charge in [0, 0.05) is 6.54 Å². The van der Waals surface area contributed by atoms with Crippen LogP contribution in [0, 0.1) is 12.8 Å². The summed E-state index contributed by atoms with van der Waals surface area (Å²) in [6.45, 7) is 7.09. The minimum Gasteiger partial charge on any atom is -0.467 e. The predicted molar refractivity (Wildman–Crippen MR) is 110 cm³/mol. The quantitative estimate of drug-likeness (QED) is 0.648. The number of methoxy groups -OCH3 is 1. The lowest BCUT2D eigenvalue weighted by Gasteiger charge is -2.21. The molecule has 1 aromatic carbocycles. The minimum absolute atomic E-state index is 0.136. The number of nitrogens with zero attached hydrogens (tertiary/aromatic N) is 2. The molecule has 0 fully saturated rings. The number of amides is 1. The summed E-state index contributed by atoms with van der Waals surface area (Å²) in [6.07, 6.45) is 0.659. The maximum atomic E-state index is 12.4. The highest BCUT2D eigenvalue weighted by Gasteiger charge is 2.27.